The van der Waals surface area contributed by atoms with Crippen LogP contribution in [0.2, 0.25) is 0 Å². The van der Waals surface area contributed by atoms with Crippen molar-refractivity contribution in [2.45, 2.75) is 57.5 Å². The molecule has 1 aromatic carbocycles. The van der Waals surface area contributed by atoms with Crippen LogP contribution in [-0.2, 0) is 31.2 Å². The SMILES string of the molecule is Cn1nc(CN(C(=O)CN2C(=O)c3ccccc3C2=O)C2CCCC2)c2c1CCC2. The zero-order valence-electron chi connectivity index (χ0n) is 17.3. The number of imide groups is 1. The molecule has 5 rings (SSSR count). The third kappa shape index (κ3) is 3.04. The summed E-state index contributed by atoms with van der Waals surface area (Å²) < 4.78 is 1.94. The Balaban J connectivity index is 1.39. The molecule has 2 heterocycles. The van der Waals surface area contributed by atoms with E-state index in [2.05, 4.69) is 0 Å². The van der Waals surface area contributed by atoms with Crippen LogP contribution in [0.4, 0.5) is 0 Å². The highest BCUT2D eigenvalue weighted by molar-refractivity contribution is 6.22. The van der Waals surface area contributed by atoms with E-state index in [0.29, 0.717) is 17.7 Å². The van der Waals surface area contributed by atoms with Crippen LogP contribution in [-0.4, -0.2) is 49.9 Å². The van der Waals surface area contributed by atoms with E-state index < -0.39 is 0 Å². The summed E-state index contributed by atoms with van der Waals surface area (Å²) in [5.41, 5.74) is 4.27. The van der Waals surface area contributed by atoms with Crippen molar-refractivity contribution in [3.05, 3.63) is 52.3 Å². The topological polar surface area (TPSA) is 75.5 Å². The molecule has 156 valence electrons. The van der Waals surface area contributed by atoms with E-state index >= 15 is 0 Å². The number of aromatic nitrogens is 2. The van der Waals surface area contributed by atoms with Gasteiger partial charge in [0.05, 0.1) is 23.4 Å². The summed E-state index contributed by atoms with van der Waals surface area (Å²) in [6.45, 7) is 0.244. The summed E-state index contributed by atoms with van der Waals surface area (Å²) in [5, 5.41) is 4.70. The van der Waals surface area contributed by atoms with Gasteiger partial charge in [-0.2, -0.15) is 5.10 Å². The molecule has 1 saturated carbocycles. The Morgan fingerprint density at radius 3 is 2.40 bits per heavy atom. The first-order valence-corrected chi connectivity index (χ1v) is 10.8. The average molecular weight is 406 g/mol. The lowest BCUT2D eigenvalue weighted by Gasteiger charge is -2.30. The first-order chi connectivity index (χ1) is 14.5. The summed E-state index contributed by atoms with van der Waals surface area (Å²) in [7, 11) is 1.97. The Bertz CT molecular complexity index is 1000. The van der Waals surface area contributed by atoms with Crippen LogP contribution in [0, 0.1) is 0 Å². The zero-order chi connectivity index (χ0) is 20.8. The van der Waals surface area contributed by atoms with Crippen LogP contribution < -0.4 is 0 Å². The number of carbonyl (C=O) groups is 3. The van der Waals surface area contributed by atoms with Gasteiger partial charge in [0.2, 0.25) is 5.91 Å². The minimum absolute atomic E-state index is 0.145. The Morgan fingerprint density at radius 1 is 1.07 bits per heavy atom. The van der Waals surface area contributed by atoms with Crippen molar-refractivity contribution in [2.24, 2.45) is 7.05 Å². The Labute approximate surface area is 175 Å². The summed E-state index contributed by atoms with van der Waals surface area (Å²) in [4.78, 5) is 41.8. The van der Waals surface area contributed by atoms with E-state index in [1.165, 1.54) is 11.3 Å². The molecular formula is C23H26N4O3. The van der Waals surface area contributed by atoms with Crippen LogP contribution in [0.5, 0.6) is 0 Å². The van der Waals surface area contributed by atoms with Crippen LogP contribution in [0.25, 0.3) is 0 Å². The number of benzene rings is 1. The van der Waals surface area contributed by atoms with E-state index in [9.17, 15) is 14.4 Å². The van der Waals surface area contributed by atoms with Gasteiger partial charge in [0.25, 0.3) is 11.8 Å². The van der Waals surface area contributed by atoms with Crippen LogP contribution in [0.15, 0.2) is 24.3 Å². The van der Waals surface area contributed by atoms with E-state index in [1.807, 2.05) is 16.6 Å². The lowest BCUT2D eigenvalue weighted by atomic mass is 10.1. The maximum Gasteiger partial charge on any atom is 0.262 e. The number of carbonyl (C=O) groups excluding carboxylic acids is 3. The monoisotopic (exact) mass is 406 g/mol. The highest BCUT2D eigenvalue weighted by atomic mass is 16.2. The fourth-order valence-corrected chi connectivity index (χ4v) is 5.23. The van der Waals surface area contributed by atoms with Gasteiger partial charge in [-0.15, -0.1) is 0 Å². The first kappa shape index (κ1) is 19.0. The van der Waals surface area contributed by atoms with Gasteiger partial charge in [-0.1, -0.05) is 25.0 Å². The molecule has 3 amide bonds. The molecule has 30 heavy (non-hydrogen) atoms. The maximum absolute atomic E-state index is 13.4. The smallest absolute Gasteiger partial charge is 0.262 e. The second-order valence-electron chi connectivity index (χ2n) is 8.55. The average Bonchev–Trinajstić information content (AvgIpc) is 3.52. The van der Waals surface area contributed by atoms with Crippen LogP contribution in [0.3, 0.4) is 0 Å². The molecular weight excluding hydrogens is 380 g/mol. The van der Waals surface area contributed by atoms with Crippen molar-refractivity contribution < 1.29 is 14.4 Å². The summed E-state index contributed by atoms with van der Waals surface area (Å²) in [6, 6.07) is 6.91. The molecule has 0 bridgehead atoms. The molecule has 3 aliphatic rings. The molecule has 2 aromatic rings. The lowest BCUT2D eigenvalue weighted by Crippen LogP contribution is -2.46. The molecule has 0 spiro atoms. The lowest BCUT2D eigenvalue weighted by molar-refractivity contribution is -0.134. The van der Waals surface area contributed by atoms with Crippen LogP contribution in [0.1, 0.15) is 69.8 Å². The molecule has 1 aromatic heterocycles. The van der Waals surface area contributed by atoms with Gasteiger partial charge in [0.1, 0.15) is 6.54 Å². The summed E-state index contributed by atoms with van der Waals surface area (Å²) in [6.07, 6.45) is 7.28. The fraction of sp³-hybridized carbons (Fsp3) is 0.478. The molecule has 7 nitrogen and oxygen atoms in total. The number of hydrogen-bond acceptors (Lipinski definition) is 4. The van der Waals surface area contributed by atoms with Gasteiger partial charge in [0, 0.05) is 18.8 Å². The first-order valence-electron chi connectivity index (χ1n) is 10.8. The number of nitrogens with zero attached hydrogens (tertiary/aromatic N) is 4. The van der Waals surface area contributed by atoms with Gasteiger partial charge in [-0.3, -0.25) is 24.0 Å². The molecule has 1 aliphatic heterocycles. The third-order valence-corrected chi connectivity index (χ3v) is 6.78. The molecule has 2 aliphatic carbocycles. The fourth-order valence-electron chi connectivity index (χ4n) is 5.23. The highest BCUT2D eigenvalue weighted by Crippen LogP contribution is 2.30. The minimum atomic E-state index is -0.381. The van der Waals surface area contributed by atoms with Gasteiger partial charge in [-0.25, -0.2) is 0 Å². The van der Waals surface area contributed by atoms with Crippen molar-refractivity contribution in [1.82, 2.24) is 19.6 Å². The van der Waals surface area contributed by atoms with Gasteiger partial charge >= 0.3 is 0 Å². The predicted molar refractivity (Wildman–Crippen MR) is 110 cm³/mol. The molecule has 0 N–H and O–H groups in total. The standard InChI is InChI=1S/C23H26N4O3/c1-25-20-12-6-11-18(20)19(24-25)13-26(15-7-2-3-8-15)21(28)14-27-22(29)16-9-4-5-10-17(16)23(27)30/h4-5,9-10,15H,2-3,6-8,11-14H2,1H3. The molecule has 0 saturated heterocycles. The number of aryl methyl sites for hydroxylation is 1. The van der Waals surface area contributed by atoms with Crippen molar-refractivity contribution in [1.29, 1.82) is 0 Å². The van der Waals surface area contributed by atoms with Crippen molar-refractivity contribution in [3.8, 4) is 0 Å². The number of hydrogen-bond donors (Lipinski definition) is 0. The van der Waals surface area contributed by atoms with E-state index in [-0.39, 0.29) is 30.3 Å². The van der Waals surface area contributed by atoms with Gasteiger partial charge in [0.15, 0.2) is 0 Å². The highest BCUT2D eigenvalue weighted by Gasteiger charge is 2.38. The number of fused-ring (bicyclic) bond motifs is 2. The Morgan fingerprint density at radius 2 is 1.73 bits per heavy atom. The van der Waals surface area contributed by atoms with E-state index in [0.717, 1.165) is 55.5 Å². The molecule has 0 radical (unpaired) electrons. The van der Waals surface area contributed by atoms with Gasteiger partial charge in [-0.05, 0) is 49.8 Å². The summed E-state index contributed by atoms with van der Waals surface area (Å²) >= 11 is 0. The Hall–Kier alpha value is -2.96. The second-order valence-corrected chi connectivity index (χ2v) is 8.55. The molecule has 0 unspecified atom stereocenters. The predicted octanol–water partition coefficient (Wildman–Crippen LogP) is 2.48. The maximum atomic E-state index is 13.4. The normalized spacial score (nSPS) is 18.2. The Kier molecular flexibility index (Phi) is 4.68. The van der Waals surface area contributed by atoms with E-state index in [1.54, 1.807) is 24.3 Å². The van der Waals surface area contributed by atoms with Crippen molar-refractivity contribution >= 4 is 17.7 Å². The van der Waals surface area contributed by atoms with Crippen molar-refractivity contribution in [2.75, 3.05) is 6.54 Å². The van der Waals surface area contributed by atoms with Gasteiger partial charge < -0.3 is 4.90 Å². The number of rotatable bonds is 5. The zero-order valence-corrected chi connectivity index (χ0v) is 17.3. The molecule has 0 atom stereocenters. The van der Waals surface area contributed by atoms with E-state index in [4.69, 9.17) is 5.10 Å². The summed E-state index contributed by atoms with van der Waals surface area (Å²) in [5.74, 6) is -0.933. The molecule has 1 fully saturated rings. The number of amides is 3. The largest absolute Gasteiger partial charge is 0.332 e. The van der Waals surface area contributed by atoms with Crippen molar-refractivity contribution in [3.63, 3.8) is 0 Å². The second kappa shape index (κ2) is 7.38. The minimum Gasteiger partial charge on any atom is -0.332 e. The van der Waals surface area contributed by atoms with Crippen LogP contribution >= 0.6 is 0 Å². The molecule has 7 heteroatoms. The quantitative estimate of drug-likeness (QED) is 0.715. The third-order valence-electron chi connectivity index (χ3n) is 6.78.